The number of pyridine rings is 1. The molecule has 0 bridgehead atoms. The predicted molar refractivity (Wildman–Crippen MR) is 189 cm³/mol. The Bertz CT molecular complexity index is 1760. The highest BCUT2D eigenvalue weighted by Gasteiger charge is 2.62. The number of halogens is 6. The van der Waals surface area contributed by atoms with Gasteiger partial charge < -0.3 is 20.0 Å². The number of nitrogens with zero attached hydrogens (tertiary/aromatic N) is 7. The Morgan fingerprint density at radius 2 is 1.30 bits per heavy atom. The van der Waals surface area contributed by atoms with Gasteiger partial charge in [-0.05, 0) is 86.9 Å². The molecule has 2 aliphatic carbocycles. The van der Waals surface area contributed by atoms with Gasteiger partial charge in [0.05, 0.1) is 11.1 Å². The number of benzene rings is 1. The Balaban J connectivity index is 0.000000167. The number of hydrogen-bond donors (Lipinski definition) is 2. The zero-order chi connectivity index (χ0) is 38.1. The van der Waals surface area contributed by atoms with Gasteiger partial charge in [-0.3, -0.25) is 4.98 Å². The van der Waals surface area contributed by atoms with E-state index in [2.05, 4.69) is 34.7 Å². The van der Waals surface area contributed by atoms with E-state index in [1.807, 2.05) is 0 Å². The number of hydrogen-bond acceptors (Lipinski definition) is 10. The molecule has 0 spiro atoms. The topological polar surface area (TPSA) is 111 Å². The minimum absolute atomic E-state index is 0.00175. The molecule has 2 saturated carbocycles. The lowest BCUT2D eigenvalue weighted by atomic mass is 9.94. The van der Waals surface area contributed by atoms with Crippen molar-refractivity contribution in [3.8, 4) is 11.8 Å². The zero-order valence-corrected chi connectivity index (χ0v) is 30.2. The van der Waals surface area contributed by atoms with Crippen molar-refractivity contribution in [2.45, 2.75) is 66.9 Å². The summed E-state index contributed by atoms with van der Waals surface area (Å²) in [6.07, 6.45) is 1.13. The van der Waals surface area contributed by atoms with E-state index in [1.165, 1.54) is 42.2 Å². The van der Waals surface area contributed by atoms with Gasteiger partial charge in [0.1, 0.15) is 5.82 Å². The van der Waals surface area contributed by atoms with Crippen molar-refractivity contribution in [1.82, 2.24) is 34.7 Å². The first-order valence-corrected chi connectivity index (χ1v) is 19.0. The van der Waals surface area contributed by atoms with Gasteiger partial charge in [0.2, 0.25) is 11.8 Å². The molecule has 2 aliphatic heterocycles. The molecule has 0 radical (unpaired) electrons. The van der Waals surface area contributed by atoms with Gasteiger partial charge in [0.25, 0.3) is 0 Å². The Kier molecular flexibility index (Phi) is 10.8. The summed E-state index contributed by atoms with van der Waals surface area (Å²) < 4.78 is 76.4. The van der Waals surface area contributed by atoms with Crippen LogP contribution < -0.4 is 0 Å². The van der Waals surface area contributed by atoms with Gasteiger partial charge >= 0.3 is 12.4 Å². The number of fused-ring (bicyclic) bond motifs is 2. The zero-order valence-electron chi connectivity index (χ0n) is 29.4. The van der Waals surface area contributed by atoms with Crippen molar-refractivity contribution in [3.05, 3.63) is 95.3 Å². The van der Waals surface area contributed by atoms with Crippen LogP contribution in [0.2, 0.25) is 0 Å². The molecule has 4 aromatic rings. The summed E-state index contributed by atoms with van der Waals surface area (Å²) in [5, 5.41) is 19.2. The number of unbranched alkanes of at least 4 members (excludes halogenated alkanes) is 1. The van der Waals surface area contributed by atoms with Crippen molar-refractivity contribution >= 4 is 11.8 Å². The third-order valence-corrected chi connectivity index (χ3v) is 12.1. The number of piperidine rings is 2. The normalized spacial score (nSPS) is 24.8. The van der Waals surface area contributed by atoms with E-state index >= 15 is 0 Å². The number of rotatable bonds is 12. The molecule has 54 heavy (non-hydrogen) atoms. The minimum Gasteiger partial charge on any atom is -0.493 e. The summed E-state index contributed by atoms with van der Waals surface area (Å²) >= 11 is 1.50. The smallest absolute Gasteiger partial charge is 0.417 e. The molecule has 3 aromatic heterocycles. The third kappa shape index (κ3) is 8.76. The first kappa shape index (κ1) is 38.3. The van der Waals surface area contributed by atoms with Gasteiger partial charge in [-0.1, -0.05) is 23.9 Å². The molecule has 4 aliphatic rings. The van der Waals surface area contributed by atoms with Gasteiger partial charge in [-0.25, -0.2) is 9.97 Å². The van der Waals surface area contributed by atoms with Crippen molar-refractivity contribution in [2.24, 2.45) is 11.8 Å². The highest BCUT2D eigenvalue weighted by molar-refractivity contribution is 7.99. The van der Waals surface area contributed by atoms with E-state index in [9.17, 15) is 36.6 Å². The summed E-state index contributed by atoms with van der Waals surface area (Å²) in [5.41, 5.74) is 0.538. The lowest BCUT2D eigenvalue weighted by Gasteiger charge is -2.21. The molecule has 8 rings (SSSR count). The molecule has 16 heteroatoms. The highest BCUT2D eigenvalue weighted by Crippen LogP contribution is 2.59. The van der Waals surface area contributed by atoms with Crippen LogP contribution in [0, 0.1) is 11.8 Å². The Labute approximate surface area is 313 Å². The van der Waals surface area contributed by atoms with Crippen LogP contribution in [0.3, 0.4) is 0 Å². The molecule has 0 unspecified atom stereocenters. The maximum Gasteiger partial charge on any atom is 0.417 e. The van der Waals surface area contributed by atoms with Crippen molar-refractivity contribution < 1.29 is 36.6 Å². The number of likely N-dealkylation sites (tertiary alicyclic amines) is 2. The number of alkyl halides is 6. The second-order valence-corrected chi connectivity index (χ2v) is 15.8. The number of aromatic nitrogens is 5. The molecule has 2 saturated heterocycles. The van der Waals surface area contributed by atoms with Gasteiger partial charge in [0.15, 0.2) is 5.16 Å². The fourth-order valence-electron chi connectivity index (χ4n) is 8.19. The second-order valence-electron chi connectivity index (χ2n) is 14.8. The molecule has 4 atom stereocenters. The molecule has 4 fully saturated rings. The maximum absolute atomic E-state index is 12.8. The minimum atomic E-state index is -4.34. The van der Waals surface area contributed by atoms with E-state index in [0.29, 0.717) is 22.8 Å². The fourth-order valence-corrected chi connectivity index (χ4v) is 8.94. The average Bonchev–Trinajstić information content (AvgIpc) is 3.94. The summed E-state index contributed by atoms with van der Waals surface area (Å²) in [7, 11) is 0. The quantitative estimate of drug-likeness (QED) is 0.0667. The van der Waals surface area contributed by atoms with Crippen molar-refractivity contribution in [1.29, 1.82) is 0 Å². The van der Waals surface area contributed by atoms with Gasteiger partial charge in [-0.15, -0.1) is 0 Å². The first-order chi connectivity index (χ1) is 25.7. The van der Waals surface area contributed by atoms with E-state index in [1.54, 1.807) is 24.4 Å². The predicted octanol–water partition coefficient (Wildman–Crippen LogP) is 7.15. The van der Waals surface area contributed by atoms with Crippen LogP contribution >= 0.6 is 11.8 Å². The van der Waals surface area contributed by atoms with Crippen LogP contribution in [0.1, 0.15) is 60.3 Å². The van der Waals surface area contributed by atoms with E-state index in [0.717, 1.165) is 107 Å². The molecular weight excluding hydrogens is 733 g/mol. The van der Waals surface area contributed by atoms with E-state index in [4.69, 9.17) is 0 Å². The molecule has 288 valence electrons. The van der Waals surface area contributed by atoms with Crippen LogP contribution in [0.25, 0.3) is 0 Å². The second kappa shape index (κ2) is 15.3. The summed E-state index contributed by atoms with van der Waals surface area (Å²) in [5.74, 6) is 2.51. The summed E-state index contributed by atoms with van der Waals surface area (Å²) in [6.45, 7) is 5.65. The van der Waals surface area contributed by atoms with Gasteiger partial charge in [0, 0.05) is 85.6 Å². The Hall–Kier alpha value is -4.02. The van der Waals surface area contributed by atoms with Crippen LogP contribution in [-0.4, -0.2) is 90.0 Å². The molecule has 2 N–H and O–H groups in total. The summed E-state index contributed by atoms with van der Waals surface area (Å²) in [6, 6.07) is 11.3. The maximum atomic E-state index is 12.8. The monoisotopic (exact) mass is 773 g/mol. The molecule has 0 amide bonds. The molecule has 9 nitrogen and oxygen atoms in total. The van der Waals surface area contributed by atoms with Crippen LogP contribution in [-0.2, 0) is 29.6 Å². The molecule has 1 aromatic carbocycles. The SMILES string of the molecule is Oc1ccnc(CCCCN2C[C@@H]3C[C@]3(c3ccc(C(F)(F)F)cc3)C2)n1.Oc1ccnc(SCCCN2C[C@@H]3C[C@]3(c3ccc(C(F)(F)F)cn3)C2)n1. The Morgan fingerprint density at radius 1 is 0.685 bits per heavy atom. The van der Waals surface area contributed by atoms with Crippen LogP contribution in [0.5, 0.6) is 11.8 Å². The molecular formula is C38H41F6N7O2S. The van der Waals surface area contributed by atoms with Crippen molar-refractivity contribution in [3.63, 3.8) is 0 Å². The largest absolute Gasteiger partial charge is 0.493 e. The number of aromatic hydroxyl groups is 2. The van der Waals surface area contributed by atoms with E-state index < -0.39 is 23.5 Å². The summed E-state index contributed by atoms with van der Waals surface area (Å²) in [4.78, 5) is 25.1. The van der Waals surface area contributed by atoms with E-state index in [-0.39, 0.29) is 22.6 Å². The lowest BCUT2D eigenvalue weighted by molar-refractivity contribution is -0.138. The number of thioether (sulfide) groups is 1. The fraction of sp³-hybridized carbons (Fsp3) is 0.500. The standard InChI is InChI=1S/C20H22F3N3O.C18H19F3N4OS/c21-20(22,23)15-6-4-14(5-7-15)19-11-16(19)12-26(13-19)10-2-1-3-17-24-9-8-18(27)25-17;19-18(20,21)12-2-3-14(23-9-12)17-8-13(17)10-25(11-17)6-1-7-27-16-22-5-4-15(26)24-16/h4-9,16H,1-3,10-13H2,(H,24,25,27);2-5,9,13H,1,6-8,10-11H2,(H,22,24,26)/t16-,19+;13-,17-/m00/s1. The van der Waals surface area contributed by atoms with Crippen LogP contribution in [0.15, 0.2) is 72.3 Å². The highest BCUT2D eigenvalue weighted by atomic mass is 32.2. The average molecular weight is 774 g/mol. The molecule has 5 heterocycles. The number of aryl methyl sites for hydroxylation is 1. The third-order valence-electron chi connectivity index (χ3n) is 11.1. The van der Waals surface area contributed by atoms with Gasteiger partial charge in [-0.2, -0.15) is 36.3 Å². The van der Waals surface area contributed by atoms with Crippen LogP contribution in [0.4, 0.5) is 26.3 Å². The van der Waals surface area contributed by atoms with Crippen molar-refractivity contribution in [2.75, 3.05) is 45.0 Å². The Morgan fingerprint density at radius 3 is 1.94 bits per heavy atom. The lowest BCUT2D eigenvalue weighted by Crippen LogP contribution is -2.28. The first-order valence-electron chi connectivity index (χ1n) is 18.1.